The van der Waals surface area contributed by atoms with Crippen molar-refractivity contribution >= 4 is 5.57 Å². The molecule has 0 saturated heterocycles. The van der Waals surface area contributed by atoms with E-state index in [4.69, 9.17) is 0 Å². The second-order valence-electron chi connectivity index (χ2n) is 4.44. The molecule has 0 atom stereocenters. The molecule has 0 unspecified atom stereocenters. The molecule has 0 fully saturated rings. The summed E-state index contributed by atoms with van der Waals surface area (Å²) >= 11 is 0. The van der Waals surface area contributed by atoms with E-state index >= 15 is 0 Å². The summed E-state index contributed by atoms with van der Waals surface area (Å²) in [6.45, 7) is 8.71. The molecule has 0 aliphatic carbocycles. The van der Waals surface area contributed by atoms with E-state index in [1.165, 1.54) is 5.57 Å². The molecule has 2 nitrogen and oxygen atoms in total. The molecule has 1 aromatic rings. The van der Waals surface area contributed by atoms with Crippen LogP contribution in [-0.4, -0.2) is 10.2 Å². The van der Waals surface area contributed by atoms with E-state index in [1.807, 2.05) is 6.07 Å². The zero-order valence-corrected chi connectivity index (χ0v) is 9.99. The van der Waals surface area contributed by atoms with E-state index < -0.39 is 0 Å². The summed E-state index contributed by atoms with van der Waals surface area (Å²) < 4.78 is 0. The molecule has 0 aromatic carbocycles. The summed E-state index contributed by atoms with van der Waals surface area (Å²) in [6, 6.07) is 2.00. The zero-order chi connectivity index (χ0) is 11.3. The average molecular weight is 204 g/mol. The van der Waals surface area contributed by atoms with E-state index in [9.17, 15) is 0 Å². The third kappa shape index (κ3) is 4.15. The molecule has 1 heterocycles. The molecule has 0 amide bonds. The molecule has 0 aliphatic rings. The van der Waals surface area contributed by atoms with Gasteiger partial charge in [-0.1, -0.05) is 45.9 Å². The van der Waals surface area contributed by atoms with Crippen molar-refractivity contribution in [1.29, 1.82) is 0 Å². The van der Waals surface area contributed by atoms with Crippen molar-refractivity contribution < 1.29 is 0 Å². The van der Waals surface area contributed by atoms with Crippen molar-refractivity contribution in [3.63, 3.8) is 0 Å². The second-order valence-corrected chi connectivity index (χ2v) is 4.44. The minimum Gasteiger partial charge on any atom is -0.278 e. The molecule has 1 aromatic heterocycles. The largest absolute Gasteiger partial charge is 0.278 e. The van der Waals surface area contributed by atoms with Crippen LogP contribution in [-0.2, 0) is 0 Å². The molecule has 1 rings (SSSR count). The molecule has 0 radical (unpaired) electrons. The first-order valence-electron chi connectivity index (χ1n) is 5.49. The lowest BCUT2D eigenvalue weighted by atomic mass is 10.0. The Balaban J connectivity index is 2.90. The Labute approximate surface area is 92.1 Å². The van der Waals surface area contributed by atoms with E-state index in [0.29, 0.717) is 11.8 Å². The number of hydrogen-bond donors (Lipinski definition) is 1. The van der Waals surface area contributed by atoms with Gasteiger partial charge in [0.1, 0.15) is 0 Å². The first-order chi connectivity index (χ1) is 7.09. The van der Waals surface area contributed by atoms with Gasteiger partial charge in [0.25, 0.3) is 0 Å². The highest BCUT2D eigenvalue weighted by atomic mass is 15.1. The fourth-order valence-electron chi connectivity index (χ4n) is 1.31. The molecular weight excluding hydrogens is 184 g/mol. The number of nitrogens with one attached hydrogen (secondary N) is 1. The zero-order valence-electron chi connectivity index (χ0n) is 9.99. The first kappa shape index (κ1) is 11.8. The highest BCUT2D eigenvalue weighted by Crippen LogP contribution is 2.16. The van der Waals surface area contributed by atoms with Gasteiger partial charge in [-0.3, -0.25) is 5.10 Å². The number of aromatic amines is 1. The van der Waals surface area contributed by atoms with Gasteiger partial charge in [0, 0.05) is 6.20 Å². The highest BCUT2D eigenvalue weighted by Gasteiger charge is 2.00. The summed E-state index contributed by atoms with van der Waals surface area (Å²) in [6.07, 6.45) is 8.40. The van der Waals surface area contributed by atoms with Crippen molar-refractivity contribution in [3.05, 3.63) is 36.2 Å². The second kappa shape index (κ2) is 5.54. The van der Waals surface area contributed by atoms with Crippen molar-refractivity contribution in [2.45, 2.75) is 27.7 Å². The Hall–Kier alpha value is -1.31. The van der Waals surface area contributed by atoms with E-state index in [-0.39, 0.29) is 0 Å². The quantitative estimate of drug-likeness (QED) is 0.745. The van der Waals surface area contributed by atoms with Crippen molar-refractivity contribution in [3.8, 4) is 0 Å². The number of aromatic nitrogens is 2. The monoisotopic (exact) mass is 204 g/mol. The van der Waals surface area contributed by atoms with Crippen LogP contribution in [0.5, 0.6) is 0 Å². The Morgan fingerprint density at radius 2 is 2.00 bits per heavy atom. The van der Waals surface area contributed by atoms with Crippen LogP contribution >= 0.6 is 0 Å². The van der Waals surface area contributed by atoms with Crippen LogP contribution in [0.3, 0.4) is 0 Å². The Morgan fingerprint density at radius 1 is 1.27 bits per heavy atom. The number of hydrogen-bond acceptors (Lipinski definition) is 1. The minimum atomic E-state index is 0.542. The van der Waals surface area contributed by atoms with Gasteiger partial charge in [-0.05, 0) is 23.5 Å². The molecule has 2 heteroatoms. The van der Waals surface area contributed by atoms with Crippen LogP contribution < -0.4 is 0 Å². The summed E-state index contributed by atoms with van der Waals surface area (Å²) in [5.74, 6) is 1.11. The van der Waals surface area contributed by atoms with E-state index in [1.54, 1.807) is 6.20 Å². The minimum absolute atomic E-state index is 0.542. The maximum Gasteiger partial charge on any atom is 0.0646 e. The van der Waals surface area contributed by atoms with Gasteiger partial charge < -0.3 is 0 Å². The fraction of sp³-hybridized carbons (Fsp3) is 0.462. The predicted molar refractivity (Wildman–Crippen MR) is 65.4 cm³/mol. The lowest BCUT2D eigenvalue weighted by Gasteiger charge is -2.03. The van der Waals surface area contributed by atoms with Gasteiger partial charge in [-0.2, -0.15) is 5.10 Å². The van der Waals surface area contributed by atoms with Crippen LogP contribution in [0.1, 0.15) is 33.4 Å². The average Bonchev–Trinajstić information content (AvgIpc) is 2.63. The highest BCUT2D eigenvalue weighted by molar-refractivity contribution is 5.71. The topological polar surface area (TPSA) is 28.7 Å². The summed E-state index contributed by atoms with van der Waals surface area (Å²) in [5.41, 5.74) is 2.30. The normalized spacial score (nSPS) is 13.3. The van der Waals surface area contributed by atoms with Gasteiger partial charge in [0.05, 0.1) is 5.69 Å². The Morgan fingerprint density at radius 3 is 2.47 bits per heavy atom. The third-order valence-electron chi connectivity index (χ3n) is 1.99. The summed E-state index contributed by atoms with van der Waals surface area (Å²) in [5, 5.41) is 6.97. The summed E-state index contributed by atoms with van der Waals surface area (Å²) in [4.78, 5) is 0. The van der Waals surface area contributed by atoms with Gasteiger partial charge in [0.2, 0.25) is 0 Å². The Kier molecular flexibility index (Phi) is 4.35. The maximum atomic E-state index is 3.98. The molecule has 1 N–H and O–H groups in total. The van der Waals surface area contributed by atoms with Gasteiger partial charge >= 0.3 is 0 Å². The van der Waals surface area contributed by atoms with Crippen LogP contribution in [0, 0.1) is 11.8 Å². The predicted octanol–water partition coefficient (Wildman–Crippen LogP) is 3.66. The lowest BCUT2D eigenvalue weighted by molar-refractivity contribution is 0.826. The molecule has 0 spiro atoms. The molecule has 0 aliphatic heterocycles. The third-order valence-corrected chi connectivity index (χ3v) is 1.99. The van der Waals surface area contributed by atoms with Gasteiger partial charge in [0.15, 0.2) is 0 Å². The maximum absolute atomic E-state index is 3.98. The first-order valence-corrected chi connectivity index (χ1v) is 5.49. The van der Waals surface area contributed by atoms with Crippen LogP contribution in [0.25, 0.3) is 5.57 Å². The van der Waals surface area contributed by atoms with E-state index in [2.05, 4.69) is 56.1 Å². The molecule has 0 saturated carbocycles. The summed E-state index contributed by atoms with van der Waals surface area (Å²) in [7, 11) is 0. The fourth-order valence-corrected chi connectivity index (χ4v) is 1.31. The van der Waals surface area contributed by atoms with Crippen molar-refractivity contribution in [2.75, 3.05) is 0 Å². The van der Waals surface area contributed by atoms with Gasteiger partial charge in [-0.15, -0.1) is 0 Å². The van der Waals surface area contributed by atoms with Crippen LogP contribution in [0.15, 0.2) is 30.5 Å². The smallest absolute Gasteiger partial charge is 0.0646 e. The number of nitrogens with zero attached hydrogens (tertiary/aromatic N) is 1. The van der Waals surface area contributed by atoms with Crippen molar-refractivity contribution in [2.24, 2.45) is 11.8 Å². The molecule has 82 valence electrons. The number of allylic oxidation sites excluding steroid dienone is 4. The van der Waals surface area contributed by atoms with E-state index in [0.717, 1.165) is 5.69 Å². The number of rotatable bonds is 4. The van der Waals surface area contributed by atoms with Gasteiger partial charge in [-0.25, -0.2) is 0 Å². The number of H-pyrrole nitrogens is 1. The van der Waals surface area contributed by atoms with Crippen molar-refractivity contribution in [1.82, 2.24) is 10.2 Å². The Bertz CT molecular complexity index is 329. The molecule has 15 heavy (non-hydrogen) atoms. The van der Waals surface area contributed by atoms with Crippen LogP contribution in [0.2, 0.25) is 0 Å². The van der Waals surface area contributed by atoms with Crippen LogP contribution in [0.4, 0.5) is 0 Å². The lowest BCUT2D eigenvalue weighted by Crippen LogP contribution is -1.88. The standard InChI is InChI=1S/C13H20N2/c1-10(2)5-6-12(9-11(3)4)13-7-8-14-15-13/h5-11H,1-4H3,(H,14,15)/b6-5-,12-9+. The molecular formula is C13H20N2. The molecule has 0 bridgehead atoms. The SMILES string of the molecule is CC(C)/C=C\C(=C/C(C)C)c1ccn[nH]1.